The molecule has 1 aromatic heterocycles. The molecule has 2 heterocycles. The molecule has 1 aliphatic rings. The van der Waals surface area contributed by atoms with E-state index >= 15 is 0 Å². The van der Waals surface area contributed by atoms with Crippen LogP contribution in [0.3, 0.4) is 0 Å². The zero-order valence-corrected chi connectivity index (χ0v) is 17.5. The number of alkyl halides is 1. The molecule has 2 N–H and O–H groups in total. The fourth-order valence-electron chi connectivity index (χ4n) is 3.03. The number of rotatable bonds is 5. The maximum absolute atomic E-state index is 12.1. The highest BCUT2D eigenvalue weighted by atomic mass is 35.5. The van der Waals surface area contributed by atoms with Gasteiger partial charge in [-0.2, -0.15) is 0 Å². The van der Waals surface area contributed by atoms with E-state index in [0.717, 1.165) is 36.1 Å². The summed E-state index contributed by atoms with van der Waals surface area (Å²) in [6.45, 7) is 1.41. The van der Waals surface area contributed by atoms with Crippen LogP contribution in [-0.4, -0.2) is 35.1 Å². The SMILES string of the molecule is CCl.O=C(NCc1ccc(-c2nnc(-c3ccc(Cl)cc3)o2)cc1)C1CCCN1. The van der Waals surface area contributed by atoms with E-state index in [1.807, 2.05) is 36.4 Å². The third-order valence-electron chi connectivity index (χ3n) is 4.56. The number of carbonyl (C=O) groups excluding carboxylic acids is 1. The van der Waals surface area contributed by atoms with Gasteiger partial charge in [-0.25, -0.2) is 0 Å². The molecule has 0 saturated carbocycles. The van der Waals surface area contributed by atoms with E-state index < -0.39 is 0 Å². The minimum atomic E-state index is -0.0612. The van der Waals surface area contributed by atoms with Gasteiger partial charge in [0, 0.05) is 29.1 Å². The van der Waals surface area contributed by atoms with Gasteiger partial charge in [-0.15, -0.1) is 21.8 Å². The van der Waals surface area contributed by atoms with E-state index in [2.05, 4.69) is 32.4 Å². The van der Waals surface area contributed by atoms with Gasteiger partial charge in [0.05, 0.1) is 6.04 Å². The first kappa shape index (κ1) is 21.3. The number of nitrogens with zero attached hydrogens (tertiary/aromatic N) is 2. The summed E-state index contributed by atoms with van der Waals surface area (Å²) < 4.78 is 5.76. The molecule has 4 rings (SSSR count). The molecule has 0 spiro atoms. The van der Waals surface area contributed by atoms with E-state index in [1.165, 1.54) is 6.38 Å². The smallest absolute Gasteiger partial charge is 0.248 e. The highest BCUT2D eigenvalue weighted by Crippen LogP contribution is 2.25. The van der Waals surface area contributed by atoms with Gasteiger partial charge in [-0.1, -0.05) is 23.7 Å². The van der Waals surface area contributed by atoms with Gasteiger partial charge < -0.3 is 15.1 Å². The fourth-order valence-corrected chi connectivity index (χ4v) is 3.16. The summed E-state index contributed by atoms with van der Waals surface area (Å²) in [5.41, 5.74) is 2.66. The highest BCUT2D eigenvalue weighted by Gasteiger charge is 2.21. The van der Waals surface area contributed by atoms with Crippen molar-refractivity contribution in [1.29, 1.82) is 0 Å². The standard InChI is InChI=1S/C20H19ClN4O2.CH3Cl/c21-16-9-7-15(8-10-16)20-25-24-19(27-20)14-5-3-13(4-6-14)12-23-18(26)17-2-1-11-22-17;1-2/h3-10,17,22H,1-2,11-12H2,(H,23,26);1H3. The molecule has 1 unspecified atom stereocenters. The molecule has 152 valence electrons. The van der Waals surface area contributed by atoms with Gasteiger partial charge in [0.1, 0.15) is 0 Å². The van der Waals surface area contributed by atoms with E-state index in [-0.39, 0.29) is 11.9 Å². The van der Waals surface area contributed by atoms with Gasteiger partial charge in [0.15, 0.2) is 0 Å². The minimum absolute atomic E-state index is 0.0566. The third kappa shape index (κ3) is 5.56. The topological polar surface area (TPSA) is 80.1 Å². The molecule has 8 heteroatoms. The zero-order valence-electron chi connectivity index (χ0n) is 16.0. The number of amides is 1. The molecule has 1 atom stereocenters. The zero-order chi connectivity index (χ0) is 20.6. The summed E-state index contributed by atoms with van der Waals surface area (Å²) >= 11 is 10.5. The summed E-state index contributed by atoms with van der Waals surface area (Å²) in [7, 11) is 0. The lowest BCUT2D eigenvalue weighted by atomic mass is 10.1. The Morgan fingerprint density at radius 2 is 1.66 bits per heavy atom. The Bertz CT molecular complexity index is 921. The predicted octanol–water partition coefficient (Wildman–Crippen LogP) is 4.28. The predicted molar refractivity (Wildman–Crippen MR) is 115 cm³/mol. The Labute approximate surface area is 179 Å². The molecular formula is C21H22Cl2N4O2. The molecule has 2 aromatic carbocycles. The van der Waals surface area contributed by atoms with Gasteiger partial charge in [-0.05, 0) is 61.3 Å². The second-order valence-electron chi connectivity index (χ2n) is 6.48. The van der Waals surface area contributed by atoms with Gasteiger partial charge in [-0.3, -0.25) is 4.79 Å². The first-order valence-corrected chi connectivity index (χ1v) is 10.4. The van der Waals surface area contributed by atoms with Crippen molar-refractivity contribution >= 4 is 29.1 Å². The molecule has 1 amide bonds. The third-order valence-corrected chi connectivity index (χ3v) is 4.81. The van der Waals surface area contributed by atoms with Crippen molar-refractivity contribution in [2.24, 2.45) is 0 Å². The van der Waals surface area contributed by atoms with Crippen LogP contribution in [0.5, 0.6) is 0 Å². The van der Waals surface area contributed by atoms with Gasteiger partial charge in [0.2, 0.25) is 17.7 Å². The summed E-state index contributed by atoms with van der Waals surface area (Å²) in [5, 5.41) is 15.0. The average molecular weight is 433 g/mol. The van der Waals surface area contributed by atoms with Crippen LogP contribution in [0.15, 0.2) is 52.9 Å². The van der Waals surface area contributed by atoms with E-state index in [4.69, 9.17) is 16.0 Å². The monoisotopic (exact) mass is 432 g/mol. The molecule has 0 bridgehead atoms. The van der Waals surface area contributed by atoms with Crippen LogP contribution in [-0.2, 0) is 11.3 Å². The molecule has 6 nitrogen and oxygen atoms in total. The van der Waals surface area contributed by atoms with Crippen molar-refractivity contribution in [3.63, 3.8) is 0 Å². The number of benzene rings is 2. The molecule has 29 heavy (non-hydrogen) atoms. The quantitative estimate of drug-likeness (QED) is 0.588. The van der Waals surface area contributed by atoms with E-state index in [1.54, 1.807) is 12.1 Å². The Balaban J connectivity index is 0.00000117. The molecular weight excluding hydrogens is 411 g/mol. The van der Waals surface area contributed by atoms with Crippen molar-refractivity contribution < 1.29 is 9.21 Å². The lowest BCUT2D eigenvalue weighted by molar-refractivity contribution is -0.122. The van der Waals surface area contributed by atoms with Gasteiger partial charge >= 0.3 is 0 Å². The number of carbonyl (C=O) groups is 1. The van der Waals surface area contributed by atoms with Crippen LogP contribution in [0.25, 0.3) is 22.9 Å². The molecule has 0 aliphatic carbocycles. The Kier molecular flexibility index (Phi) is 7.63. The minimum Gasteiger partial charge on any atom is -0.416 e. The second kappa shape index (κ2) is 10.4. The largest absolute Gasteiger partial charge is 0.416 e. The molecule has 3 aromatic rings. The van der Waals surface area contributed by atoms with E-state index in [9.17, 15) is 4.79 Å². The van der Waals surface area contributed by atoms with Crippen LogP contribution < -0.4 is 10.6 Å². The summed E-state index contributed by atoms with van der Waals surface area (Å²) in [5.74, 6) is 0.953. The van der Waals surface area contributed by atoms with Crippen LogP contribution in [0.2, 0.25) is 5.02 Å². The van der Waals surface area contributed by atoms with Crippen molar-refractivity contribution in [3.05, 3.63) is 59.1 Å². The molecule has 1 aliphatic heterocycles. The van der Waals surface area contributed by atoms with E-state index in [0.29, 0.717) is 23.3 Å². The van der Waals surface area contributed by atoms with Crippen LogP contribution in [0.4, 0.5) is 0 Å². The lowest BCUT2D eigenvalue weighted by Crippen LogP contribution is -2.39. The Hall–Kier alpha value is -2.41. The number of hydrogen-bond donors (Lipinski definition) is 2. The van der Waals surface area contributed by atoms with Crippen molar-refractivity contribution in [2.45, 2.75) is 25.4 Å². The maximum Gasteiger partial charge on any atom is 0.248 e. The number of hydrogen-bond acceptors (Lipinski definition) is 5. The number of aromatic nitrogens is 2. The fraction of sp³-hybridized carbons (Fsp3) is 0.286. The van der Waals surface area contributed by atoms with Crippen LogP contribution >= 0.6 is 23.2 Å². The Morgan fingerprint density at radius 1 is 1.07 bits per heavy atom. The normalized spacial score (nSPS) is 15.5. The molecule has 1 saturated heterocycles. The average Bonchev–Trinajstić information content (AvgIpc) is 3.47. The number of halogens is 2. The second-order valence-corrected chi connectivity index (χ2v) is 6.92. The van der Waals surface area contributed by atoms with Crippen LogP contribution in [0, 0.1) is 0 Å². The molecule has 1 fully saturated rings. The van der Waals surface area contributed by atoms with Crippen molar-refractivity contribution in [3.8, 4) is 22.9 Å². The summed E-state index contributed by atoms with van der Waals surface area (Å²) in [4.78, 5) is 12.1. The maximum atomic E-state index is 12.1. The number of nitrogens with one attached hydrogen (secondary N) is 2. The summed E-state index contributed by atoms with van der Waals surface area (Å²) in [6.07, 6.45) is 3.42. The molecule has 0 radical (unpaired) electrons. The van der Waals surface area contributed by atoms with Crippen molar-refractivity contribution in [2.75, 3.05) is 12.9 Å². The van der Waals surface area contributed by atoms with Gasteiger partial charge in [0.25, 0.3) is 0 Å². The lowest BCUT2D eigenvalue weighted by Gasteiger charge is -2.11. The first-order chi connectivity index (χ1) is 14.2. The highest BCUT2D eigenvalue weighted by molar-refractivity contribution is 6.30. The first-order valence-electron chi connectivity index (χ1n) is 9.27. The Morgan fingerprint density at radius 3 is 2.21 bits per heavy atom. The summed E-state index contributed by atoms with van der Waals surface area (Å²) in [6, 6.07) is 14.9. The van der Waals surface area contributed by atoms with Crippen molar-refractivity contribution in [1.82, 2.24) is 20.8 Å². The van der Waals surface area contributed by atoms with Crippen LogP contribution in [0.1, 0.15) is 18.4 Å².